The fourth-order valence-corrected chi connectivity index (χ4v) is 2.69. The van der Waals surface area contributed by atoms with Gasteiger partial charge in [0.05, 0.1) is 25.7 Å². The summed E-state index contributed by atoms with van der Waals surface area (Å²) >= 11 is 0. The monoisotopic (exact) mass is 264 g/mol. The summed E-state index contributed by atoms with van der Waals surface area (Å²) in [4.78, 5) is 11.5. The van der Waals surface area contributed by atoms with Crippen molar-refractivity contribution in [3.63, 3.8) is 0 Å². The molecule has 0 unspecified atom stereocenters. The zero-order chi connectivity index (χ0) is 13.9. The summed E-state index contributed by atoms with van der Waals surface area (Å²) < 4.78 is 9.87. The average molecular weight is 264 g/mol. The summed E-state index contributed by atoms with van der Waals surface area (Å²) in [5, 5.41) is 10.7. The zero-order valence-electron chi connectivity index (χ0n) is 11.4. The van der Waals surface area contributed by atoms with Crippen LogP contribution in [-0.2, 0) is 15.1 Å². The second kappa shape index (κ2) is 5.61. The van der Waals surface area contributed by atoms with Gasteiger partial charge in [-0.1, -0.05) is 12.1 Å². The van der Waals surface area contributed by atoms with Gasteiger partial charge in [-0.05, 0) is 43.4 Å². The minimum atomic E-state index is -0.837. The largest absolute Gasteiger partial charge is 0.497 e. The molecule has 104 valence electrons. The number of carbonyl (C=O) groups excluding carboxylic acids is 1. The first-order valence-electron chi connectivity index (χ1n) is 6.54. The van der Waals surface area contributed by atoms with E-state index in [0.717, 1.165) is 11.3 Å². The van der Waals surface area contributed by atoms with Gasteiger partial charge >= 0.3 is 5.97 Å². The molecule has 1 N–H and O–H groups in total. The first-order valence-corrected chi connectivity index (χ1v) is 6.54. The second-order valence-electron chi connectivity index (χ2n) is 5.06. The van der Waals surface area contributed by atoms with Gasteiger partial charge in [0.1, 0.15) is 5.75 Å². The molecule has 1 aliphatic rings. The molecule has 4 nitrogen and oxygen atoms in total. The SMILES string of the molecule is COC(=O)C1CCC(O)(c2ccc(OC)cc2)CC1. The van der Waals surface area contributed by atoms with Crippen LogP contribution < -0.4 is 4.74 Å². The number of benzene rings is 1. The topological polar surface area (TPSA) is 55.8 Å². The van der Waals surface area contributed by atoms with Crippen LogP contribution >= 0.6 is 0 Å². The maximum atomic E-state index is 11.5. The Morgan fingerprint density at radius 1 is 1.21 bits per heavy atom. The van der Waals surface area contributed by atoms with E-state index in [9.17, 15) is 9.90 Å². The lowest BCUT2D eigenvalue weighted by atomic mass is 9.75. The van der Waals surface area contributed by atoms with E-state index in [0.29, 0.717) is 25.7 Å². The Hall–Kier alpha value is -1.55. The molecule has 0 saturated heterocycles. The molecule has 1 aliphatic carbocycles. The Morgan fingerprint density at radius 3 is 2.26 bits per heavy atom. The predicted molar refractivity (Wildman–Crippen MR) is 70.9 cm³/mol. The number of hydrogen-bond donors (Lipinski definition) is 1. The zero-order valence-corrected chi connectivity index (χ0v) is 11.4. The number of carbonyl (C=O) groups is 1. The van der Waals surface area contributed by atoms with Crippen LogP contribution in [-0.4, -0.2) is 25.3 Å². The summed E-state index contributed by atoms with van der Waals surface area (Å²) in [7, 11) is 3.03. The number of ether oxygens (including phenoxy) is 2. The molecule has 0 heterocycles. The molecule has 1 fully saturated rings. The molecule has 1 aromatic rings. The van der Waals surface area contributed by atoms with Crippen molar-refractivity contribution in [2.24, 2.45) is 5.92 Å². The van der Waals surface area contributed by atoms with Crippen LogP contribution in [0, 0.1) is 5.92 Å². The van der Waals surface area contributed by atoms with E-state index in [1.165, 1.54) is 7.11 Å². The van der Waals surface area contributed by atoms with Gasteiger partial charge in [-0.15, -0.1) is 0 Å². The maximum Gasteiger partial charge on any atom is 0.308 e. The molecule has 19 heavy (non-hydrogen) atoms. The first-order chi connectivity index (χ1) is 9.09. The van der Waals surface area contributed by atoms with Crippen molar-refractivity contribution in [1.82, 2.24) is 0 Å². The van der Waals surface area contributed by atoms with E-state index in [2.05, 4.69) is 0 Å². The Labute approximate surface area is 113 Å². The highest BCUT2D eigenvalue weighted by Gasteiger charge is 2.37. The van der Waals surface area contributed by atoms with Gasteiger partial charge in [0.15, 0.2) is 0 Å². The molecule has 0 atom stereocenters. The Balaban J connectivity index is 2.06. The van der Waals surface area contributed by atoms with Crippen LogP contribution in [0.15, 0.2) is 24.3 Å². The molecular formula is C15H20O4. The maximum absolute atomic E-state index is 11.5. The van der Waals surface area contributed by atoms with Crippen molar-refractivity contribution in [2.45, 2.75) is 31.3 Å². The summed E-state index contributed by atoms with van der Waals surface area (Å²) in [6, 6.07) is 7.47. The average Bonchev–Trinajstić information content (AvgIpc) is 2.47. The van der Waals surface area contributed by atoms with Crippen molar-refractivity contribution >= 4 is 5.97 Å². The van der Waals surface area contributed by atoms with Gasteiger partial charge in [-0.25, -0.2) is 0 Å². The van der Waals surface area contributed by atoms with Crippen molar-refractivity contribution in [2.75, 3.05) is 14.2 Å². The molecule has 4 heteroatoms. The van der Waals surface area contributed by atoms with E-state index in [1.54, 1.807) is 7.11 Å². The van der Waals surface area contributed by atoms with Crippen molar-refractivity contribution < 1.29 is 19.4 Å². The fourth-order valence-electron chi connectivity index (χ4n) is 2.69. The third kappa shape index (κ3) is 2.89. The number of rotatable bonds is 3. The van der Waals surface area contributed by atoms with Crippen LogP contribution in [0.1, 0.15) is 31.2 Å². The van der Waals surface area contributed by atoms with Crippen LogP contribution in [0.5, 0.6) is 5.75 Å². The molecular weight excluding hydrogens is 244 g/mol. The van der Waals surface area contributed by atoms with Crippen molar-refractivity contribution in [1.29, 1.82) is 0 Å². The second-order valence-corrected chi connectivity index (χ2v) is 5.06. The Bertz CT molecular complexity index is 430. The molecule has 0 aromatic heterocycles. The van der Waals surface area contributed by atoms with Gasteiger partial charge in [0.2, 0.25) is 0 Å². The van der Waals surface area contributed by atoms with Gasteiger partial charge < -0.3 is 14.6 Å². The lowest BCUT2D eigenvalue weighted by molar-refractivity contribution is -0.148. The van der Waals surface area contributed by atoms with Gasteiger partial charge in [0.25, 0.3) is 0 Å². The smallest absolute Gasteiger partial charge is 0.308 e. The van der Waals surface area contributed by atoms with Crippen molar-refractivity contribution in [3.05, 3.63) is 29.8 Å². The number of methoxy groups -OCH3 is 2. The van der Waals surface area contributed by atoms with E-state index < -0.39 is 5.60 Å². The summed E-state index contributed by atoms with van der Waals surface area (Å²) in [5.74, 6) is 0.524. The van der Waals surface area contributed by atoms with Crippen LogP contribution in [0.25, 0.3) is 0 Å². The third-order valence-electron chi connectivity index (χ3n) is 3.97. The van der Waals surface area contributed by atoms with E-state index in [1.807, 2.05) is 24.3 Å². The molecule has 0 spiro atoms. The number of aliphatic hydroxyl groups is 1. The predicted octanol–water partition coefficient (Wildman–Crippen LogP) is 2.25. The molecule has 0 amide bonds. The van der Waals surface area contributed by atoms with E-state index in [4.69, 9.17) is 9.47 Å². The van der Waals surface area contributed by atoms with Gasteiger partial charge in [0, 0.05) is 0 Å². The highest BCUT2D eigenvalue weighted by molar-refractivity contribution is 5.72. The van der Waals surface area contributed by atoms with E-state index in [-0.39, 0.29) is 11.9 Å². The van der Waals surface area contributed by atoms with Crippen LogP contribution in [0.4, 0.5) is 0 Å². The molecule has 1 saturated carbocycles. The Kier molecular flexibility index (Phi) is 4.10. The van der Waals surface area contributed by atoms with Crippen LogP contribution in [0.3, 0.4) is 0 Å². The molecule has 1 aromatic carbocycles. The molecule has 2 rings (SSSR count). The number of esters is 1. The van der Waals surface area contributed by atoms with Gasteiger partial charge in [-0.2, -0.15) is 0 Å². The quantitative estimate of drug-likeness (QED) is 0.851. The molecule has 0 radical (unpaired) electrons. The summed E-state index contributed by atoms with van der Waals surface area (Å²) in [6.45, 7) is 0. The molecule has 0 aliphatic heterocycles. The minimum Gasteiger partial charge on any atom is -0.497 e. The highest BCUT2D eigenvalue weighted by atomic mass is 16.5. The fraction of sp³-hybridized carbons (Fsp3) is 0.533. The minimum absolute atomic E-state index is 0.0801. The third-order valence-corrected chi connectivity index (χ3v) is 3.97. The summed E-state index contributed by atoms with van der Waals surface area (Å²) in [5.41, 5.74) is 0.0492. The standard InChI is InChI=1S/C15H20O4/c1-18-13-5-3-12(4-6-13)15(17)9-7-11(8-10-15)14(16)19-2/h3-6,11,17H,7-10H2,1-2H3. The lowest BCUT2D eigenvalue weighted by Gasteiger charge is -2.35. The first kappa shape index (κ1) is 13.9. The molecule has 0 bridgehead atoms. The highest BCUT2D eigenvalue weighted by Crippen LogP contribution is 2.40. The van der Waals surface area contributed by atoms with Crippen molar-refractivity contribution in [3.8, 4) is 5.75 Å². The van der Waals surface area contributed by atoms with Gasteiger partial charge in [-0.3, -0.25) is 4.79 Å². The van der Waals surface area contributed by atoms with E-state index >= 15 is 0 Å². The lowest BCUT2D eigenvalue weighted by Crippen LogP contribution is -2.34. The normalized spacial score (nSPS) is 26.8. The Morgan fingerprint density at radius 2 is 1.79 bits per heavy atom. The van der Waals surface area contributed by atoms with Crippen LogP contribution in [0.2, 0.25) is 0 Å². The summed E-state index contributed by atoms with van der Waals surface area (Å²) in [6.07, 6.45) is 2.49. The number of hydrogen-bond acceptors (Lipinski definition) is 4.